The monoisotopic (exact) mass is 285 g/mol. The number of hydrogen-bond donors (Lipinski definition) is 1. The first-order chi connectivity index (χ1) is 10.1. The van der Waals surface area contributed by atoms with Crippen molar-refractivity contribution in [2.75, 3.05) is 23.3 Å². The van der Waals surface area contributed by atoms with Crippen molar-refractivity contribution in [1.82, 2.24) is 4.57 Å². The smallest absolute Gasteiger partial charge is 0.0418 e. The lowest BCUT2D eigenvalue weighted by atomic mass is 10.2. The zero-order chi connectivity index (χ0) is 15.4. The highest BCUT2D eigenvalue weighted by Gasteiger charge is 2.06. The SMILES string of the molecule is CCN(CC)c1ccc(NCc2cc(C)n(C)c2C)cc1. The predicted octanol–water partition coefficient (Wildman–Crippen LogP) is 4.10. The molecule has 1 N–H and O–H groups in total. The number of rotatable bonds is 6. The Morgan fingerprint density at radius 3 is 2.14 bits per heavy atom. The van der Waals surface area contributed by atoms with E-state index in [4.69, 9.17) is 0 Å². The molecule has 1 heterocycles. The van der Waals surface area contributed by atoms with Crippen molar-refractivity contribution < 1.29 is 0 Å². The molecule has 0 saturated carbocycles. The summed E-state index contributed by atoms with van der Waals surface area (Å²) < 4.78 is 2.24. The molecule has 0 saturated heterocycles. The Morgan fingerprint density at radius 2 is 1.67 bits per heavy atom. The van der Waals surface area contributed by atoms with Crippen molar-refractivity contribution in [3.8, 4) is 0 Å². The van der Waals surface area contributed by atoms with Gasteiger partial charge in [-0.2, -0.15) is 0 Å². The van der Waals surface area contributed by atoms with E-state index in [9.17, 15) is 0 Å². The molecule has 1 aromatic carbocycles. The Morgan fingerprint density at radius 1 is 1.05 bits per heavy atom. The van der Waals surface area contributed by atoms with Crippen LogP contribution in [0, 0.1) is 13.8 Å². The second-order valence-corrected chi connectivity index (χ2v) is 5.53. The van der Waals surface area contributed by atoms with Crippen LogP contribution in [-0.2, 0) is 13.6 Å². The third-order valence-corrected chi connectivity index (χ3v) is 4.36. The van der Waals surface area contributed by atoms with E-state index in [1.165, 1.54) is 28.3 Å². The van der Waals surface area contributed by atoms with Gasteiger partial charge in [0, 0.05) is 49.4 Å². The molecule has 0 amide bonds. The molecule has 21 heavy (non-hydrogen) atoms. The Kier molecular flexibility index (Phi) is 4.94. The van der Waals surface area contributed by atoms with Crippen LogP contribution in [0.15, 0.2) is 30.3 Å². The standard InChI is InChI=1S/C18H27N3/c1-6-21(7-2)18-10-8-17(9-11-18)19-13-16-12-14(3)20(5)15(16)4/h8-12,19H,6-7,13H2,1-5H3. The minimum absolute atomic E-state index is 0.873. The molecule has 1 aromatic heterocycles. The van der Waals surface area contributed by atoms with Gasteiger partial charge in [-0.15, -0.1) is 0 Å². The van der Waals surface area contributed by atoms with Gasteiger partial charge in [0.15, 0.2) is 0 Å². The Labute approximate surface area is 128 Å². The minimum Gasteiger partial charge on any atom is -0.381 e. The summed E-state index contributed by atoms with van der Waals surface area (Å²) in [5, 5.41) is 3.51. The van der Waals surface area contributed by atoms with Crippen LogP contribution in [0.4, 0.5) is 11.4 Å². The number of aromatic nitrogens is 1. The molecule has 3 heteroatoms. The highest BCUT2D eigenvalue weighted by molar-refractivity contribution is 5.55. The van der Waals surface area contributed by atoms with Crippen molar-refractivity contribution >= 4 is 11.4 Å². The van der Waals surface area contributed by atoms with Crippen molar-refractivity contribution in [2.45, 2.75) is 34.2 Å². The molecule has 0 radical (unpaired) electrons. The fourth-order valence-electron chi connectivity index (χ4n) is 2.69. The summed E-state index contributed by atoms with van der Waals surface area (Å²) >= 11 is 0. The van der Waals surface area contributed by atoms with Gasteiger partial charge in [-0.3, -0.25) is 0 Å². The summed E-state index contributed by atoms with van der Waals surface area (Å²) in [7, 11) is 2.12. The molecule has 0 fully saturated rings. The zero-order valence-electron chi connectivity index (χ0n) is 13.9. The molecule has 114 valence electrons. The van der Waals surface area contributed by atoms with Gasteiger partial charge in [0.25, 0.3) is 0 Å². The highest BCUT2D eigenvalue weighted by Crippen LogP contribution is 2.19. The van der Waals surface area contributed by atoms with Crippen LogP contribution >= 0.6 is 0 Å². The first kappa shape index (κ1) is 15.5. The first-order valence-corrected chi connectivity index (χ1v) is 7.77. The van der Waals surface area contributed by atoms with Gasteiger partial charge in [0.1, 0.15) is 0 Å². The lowest BCUT2D eigenvalue weighted by Crippen LogP contribution is -2.21. The number of nitrogens with one attached hydrogen (secondary N) is 1. The molecule has 3 nitrogen and oxygen atoms in total. The highest BCUT2D eigenvalue weighted by atomic mass is 15.1. The number of benzene rings is 1. The van der Waals surface area contributed by atoms with E-state index in [1.54, 1.807) is 0 Å². The van der Waals surface area contributed by atoms with E-state index in [0.29, 0.717) is 0 Å². The second kappa shape index (κ2) is 6.70. The molecular weight excluding hydrogens is 258 g/mol. The van der Waals surface area contributed by atoms with E-state index >= 15 is 0 Å². The molecule has 0 aliphatic carbocycles. The number of nitrogens with zero attached hydrogens (tertiary/aromatic N) is 2. The Balaban J connectivity index is 2.02. The van der Waals surface area contributed by atoms with Gasteiger partial charge in [0.05, 0.1) is 0 Å². The van der Waals surface area contributed by atoms with E-state index < -0.39 is 0 Å². The topological polar surface area (TPSA) is 20.2 Å². The third kappa shape index (κ3) is 3.41. The molecule has 0 aliphatic rings. The predicted molar refractivity (Wildman–Crippen MR) is 92.2 cm³/mol. The van der Waals surface area contributed by atoms with Gasteiger partial charge < -0.3 is 14.8 Å². The number of aryl methyl sites for hydroxylation is 1. The van der Waals surface area contributed by atoms with Crippen LogP contribution in [0.1, 0.15) is 30.8 Å². The Bertz CT molecular complexity index is 577. The third-order valence-electron chi connectivity index (χ3n) is 4.36. The van der Waals surface area contributed by atoms with Crippen LogP contribution in [0.25, 0.3) is 0 Å². The Hall–Kier alpha value is -1.90. The van der Waals surface area contributed by atoms with Crippen LogP contribution < -0.4 is 10.2 Å². The van der Waals surface area contributed by atoms with Crippen LogP contribution in [0.5, 0.6) is 0 Å². The minimum atomic E-state index is 0.873. The number of hydrogen-bond acceptors (Lipinski definition) is 2. The van der Waals surface area contributed by atoms with Crippen molar-refractivity contribution in [1.29, 1.82) is 0 Å². The maximum absolute atomic E-state index is 3.51. The van der Waals surface area contributed by atoms with Gasteiger partial charge >= 0.3 is 0 Å². The van der Waals surface area contributed by atoms with Gasteiger partial charge in [-0.05, 0) is 63.6 Å². The van der Waals surface area contributed by atoms with E-state index in [2.05, 4.69) is 79.9 Å². The van der Waals surface area contributed by atoms with Crippen molar-refractivity contribution in [3.63, 3.8) is 0 Å². The molecule has 0 atom stereocenters. The van der Waals surface area contributed by atoms with Crippen molar-refractivity contribution in [3.05, 3.63) is 47.3 Å². The zero-order valence-corrected chi connectivity index (χ0v) is 13.9. The van der Waals surface area contributed by atoms with Gasteiger partial charge in [-0.1, -0.05) is 0 Å². The summed E-state index contributed by atoms with van der Waals surface area (Å²) in [6.45, 7) is 11.7. The fourth-order valence-corrected chi connectivity index (χ4v) is 2.69. The van der Waals surface area contributed by atoms with Crippen LogP contribution in [0.2, 0.25) is 0 Å². The molecule has 0 spiro atoms. The molecule has 0 unspecified atom stereocenters. The number of anilines is 2. The molecule has 0 bridgehead atoms. The van der Waals surface area contributed by atoms with Crippen LogP contribution in [-0.4, -0.2) is 17.7 Å². The largest absolute Gasteiger partial charge is 0.381 e. The normalized spacial score (nSPS) is 10.7. The lowest BCUT2D eigenvalue weighted by molar-refractivity contribution is 0.837. The van der Waals surface area contributed by atoms with Gasteiger partial charge in [0.2, 0.25) is 0 Å². The molecule has 2 rings (SSSR count). The summed E-state index contributed by atoms with van der Waals surface area (Å²) in [6, 6.07) is 11.0. The van der Waals surface area contributed by atoms with Crippen molar-refractivity contribution in [2.24, 2.45) is 7.05 Å². The molecular formula is C18H27N3. The first-order valence-electron chi connectivity index (χ1n) is 7.77. The summed E-state index contributed by atoms with van der Waals surface area (Å²) in [4.78, 5) is 2.36. The summed E-state index contributed by atoms with van der Waals surface area (Å²) in [6.07, 6.45) is 0. The summed E-state index contributed by atoms with van der Waals surface area (Å²) in [5.74, 6) is 0. The maximum atomic E-state index is 3.51. The van der Waals surface area contributed by atoms with E-state index in [1.807, 2.05) is 0 Å². The maximum Gasteiger partial charge on any atom is 0.0418 e. The van der Waals surface area contributed by atoms with E-state index in [0.717, 1.165) is 19.6 Å². The second-order valence-electron chi connectivity index (χ2n) is 5.53. The molecule has 0 aliphatic heterocycles. The van der Waals surface area contributed by atoms with E-state index in [-0.39, 0.29) is 0 Å². The quantitative estimate of drug-likeness (QED) is 0.862. The van der Waals surface area contributed by atoms with Crippen LogP contribution in [0.3, 0.4) is 0 Å². The fraction of sp³-hybridized carbons (Fsp3) is 0.444. The lowest BCUT2D eigenvalue weighted by Gasteiger charge is -2.21. The average Bonchev–Trinajstić information content (AvgIpc) is 2.75. The van der Waals surface area contributed by atoms with Gasteiger partial charge in [-0.25, -0.2) is 0 Å². The molecule has 2 aromatic rings. The average molecular weight is 285 g/mol. The summed E-state index contributed by atoms with van der Waals surface area (Å²) in [5.41, 5.74) is 6.47.